The molecule has 0 aromatic carbocycles. The van der Waals surface area contributed by atoms with E-state index in [0.717, 1.165) is 0 Å². The van der Waals surface area contributed by atoms with E-state index in [1.807, 2.05) is 0 Å². The molecule has 4 heteroatoms. The van der Waals surface area contributed by atoms with Gasteiger partial charge in [0.15, 0.2) is 8.32 Å². The fraction of sp³-hybridized carbons (Fsp3) is 0.750. The van der Waals surface area contributed by atoms with Crippen molar-refractivity contribution in [2.45, 2.75) is 57.8 Å². The number of hydrogen-bond acceptors (Lipinski definition) is 2. The molecular formula is C12H24O3Si. The van der Waals surface area contributed by atoms with E-state index in [1.165, 1.54) is 0 Å². The number of rotatable bonds is 6. The van der Waals surface area contributed by atoms with Gasteiger partial charge in [0.05, 0.1) is 0 Å². The lowest BCUT2D eigenvalue weighted by atomic mass is 10.2. The largest absolute Gasteiger partial charge is 0.479 e. The third-order valence-corrected chi connectivity index (χ3v) is 7.64. The maximum Gasteiger partial charge on any atom is 0.331 e. The molecule has 0 aliphatic carbocycles. The van der Waals surface area contributed by atoms with Gasteiger partial charge in [-0.2, -0.15) is 0 Å². The summed E-state index contributed by atoms with van der Waals surface area (Å²) in [7, 11) is -2.00. The predicted molar refractivity (Wildman–Crippen MR) is 69.1 cm³/mol. The minimum atomic E-state index is -2.00. The van der Waals surface area contributed by atoms with Crippen LogP contribution in [-0.2, 0) is 9.22 Å². The molecule has 0 aliphatic heterocycles. The highest BCUT2D eigenvalue weighted by atomic mass is 28.4. The van der Waals surface area contributed by atoms with Gasteiger partial charge in [0.25, 0.3) is 0 Å². The maximum atomic E-state index is 11.1. The lowest BCUT2D eigenvalue weighted by Gasteiger charge is -2.38. The van der Waals surface area contributed by atoms with Crippen molar-refractivity contribution in [2.24, 2.45) is 0 Å². The van der Waals surface area contributed by atoms with E-state index in [0.29, 0.717) is 12.8 Å². The zero-order chi connectivity index (χ0) is 13.0. The number of aliphatic carboxylic acids is 1. The van der Waals surface area contributed by atoms with Crippen molar-refractivity contribution < 1.29 is 14.3 Å². The summed E-state index contributed by atoms with van der Waals surface area (Å²) in [6.07, 6.45) is 2.21. The van der Waals surface area contributed by atoms with Crippen LogP contribution in [0.2, 0.25) is 18.1 Å². The smallest absolute Gasteiger partial charge is 0.331 e. The molecule has 0 saturated heterocycles. The normalized spacial score (nSPS) is 14.6. The first-order valence-corrected chi connectivity index (χ1v) is 8.54. The molecule has 16 heavy (non-hydrogen) atoms. The molecule has 0 aliphatic rings. The van der Waals surface area contributed by atoms with Crippen LogP contribution in [0.15, 0.2) is 12.7 Å². The maximum absolute atomic E-state index is 11.1. The zero-order valence-corrected chi connectivity index (χ0v) is 12.0. The van der Waals surface area contributed by atoms with Crippen LogP contribution >= 0.6 is 0 Å². The standard InChI is InChI=1S/C12H24O3Si/c1-7-8-9-10(11(13)14)15-16(5,6)12(2,3)4/h7,10H,1,8-9H2,2-6H3,(H,13,14). The van der Waals surface area contributed by atoms with Crippen molar-refractivity contribution in [1.29, 1.82) is 0 Å². The molecule has 3 nitrogen and oxygen atoms in total. The Balaban J connectivity index is 4.62. The molecule has 0 rings (SSSR count). The average molecular weight is 244 g/mol. The van der Waals surface area contributed by atoms with E-state index in [-0.39, 0.29) is 5.04 Å². The minimum Gasteiger partial charge on any atom is -0.479 e. The highest BCUT2D eigenvalue weighted by molar-refractivity contribution is 6.74. The number of carboxylic acids is 1. The van der Waals surface area contributed by atoms with E-state index in [2.05, 4.69) is 40.4 Å². The fourth-order valence-corrected chi connectivity index (χ4v) is 2.32. The Hall–Kier alpha value is -0.613. The first-order chi connectivity index (χ1) is 7.12. The van der Waals surface area contributed by atoms with Gasteiger partial charge in [-0.25, -0.2) is 4.79 Å². The fourth-order valence-electron chi connectivity index (χ4n) is 1.03. The third-order valence-electron chi connectivity index (χ3n) is 3.15. The van der Waals surface area contributed by atoms with E-state index < -0.39 is 20.4 Å². The van der Waals surface area contributed by atoms with Gasteiger partial charge in [-0.15, -0.1) is 6.58 Å². The molecule has 0 saturated carbocycles. The summed E-state index contributed by atoms with van der Waals surface area (Å²) >= 11 is 0. The molecule has 1 atom stereocenters. The van der Waals surface area contributed by atoms with Crippen LogP contribution in [0.1, 0.15) is 33.6 Å². The summed E-state index contributed by atoms with van der Waals surface area (Å²) in [6, 6.07) is 0. The van der Waals surface area contributed by atoms with E-state index >= 15 is 0 Å². The summed E-state index contributed by atoms with van der Waals surface area (Å²) in [5.41, 5.74) is 0. The van der Waals surface area contributed by atoms with E-state index in [4.69, 9.17) is 9.53 Å². The molecule has 0 bridgehead atoms. The molecule has 0 radical (unpaired) electrons. The van der Waals surface area contributed by atoms with Gasteiger partial charge >= 0.3 is 5.97 Å². The zero-order valence-electron chi connectivity index (χ0n) is 11.0. The highest BCUT2D eigenvalue weighted by Crippen LogP contribution is 2.37. The Labute approximate surface area is 99.6 Å². The first kappa shape index (κ1) is 15.4. The Kier molecular flexibility index (Phi) is 5.42. The van der Waals surface area contributed by atoms with Crippen LogP contribution in [0.3, 0.4) is 0 Å². The first-order valence-electron chi connectivity index (χ1n) is 5.63. The second-order valence-corrected chi connectivity index (χ2v) is 10.3. The van der Waals surface area contributed by atoms with E-state index in [1.54, 1.807) is 6.08 Å². The van der Waals surface area contributed by atoms with Crippen LogP contribution < -0.4 is 0 Å². The quantitative estimate of drug-likeness (QED) is 0.575. The van der Waals surface area contributed by atoms with Gasteiger partial charge in [0.2, 0.25) is 0 Å². The van der Waals surface area contributed by atoms with Crippen molar-refractivity contribution in [1.82, 2.24) is 0 Å². The summed E-state index contributed by atoms with van der Waals surface area (Å²) in [4.78, 5) is 11.1. The lowest BCUT2D eigenvalue weighted by Crippen LogP contribution is -2.46. The molecule has 1 unspecified atom stereocenters. The van der Waals surface area contributed by atoms with Crippen LogP contribution in [-0.4, -0.2) is 25.5 Å². The number of hydrogen-bond donors (Lipinski definition) is 1. The lowest BCUT2D eigenvalue weighted by molar-refractivity contribution is -0.145. The molecular weight excluding hydrogens is 220 g/mol. The topological polar surface area (TPSA) is 46.5 Å². The molecule has 1 N–H and O–H groups in total. The molecule has 0 aromatic heterocycles. The van der Waals surface area contributed by atoms with Gasteiger partial charge in [-0.3, -0.25) is 0 Å². The van der Waals surface area contributed by atoms with Gasteiger partial charge in [0, 0.05) is 0 Å². The Morgan fingerprint density at radius 2 is 2.00 bits per heavy atom. The summed E-state index contributed by atoms with van der Waals surface area (Å²) in [5, 5.41) is 9.13. The molecule has 0 fully saturated rings. The monoisotopic (exact) mass is 244 g/mol. The molecule has 0 heterocycles. The summed E-state index contributed by atoms with van der Waals surface area (Å²) in [5.74, 6) is -0.869. The SMILES string of the molecule is C=CCCC(O[Si](C)(C)C(C)(C)C)C(=O)O. The molecule has 94 valence electrons. The number of carbonyl (C=O) groups is 1. The van der Waals surface area contributed by atoms with Crippen molar-refractivity contribution in [3.8, 4) is 0 Å². The Morgan fingerprint density at radius 1 is 1.50 bits per heavy atom. The van der Waals surface area contributed by atoms with Gasteiger partial charge in [0.1, 0.15) is 6.10 Å². The number of carboxylic acid groups (broad SMARTS) is 1. The van der Waals surface area contributed by atoms with Gasteiger partial charge < -0.3 is 9.53 Å². The molecule has 0 aromatic rings. The third kappa shape index (κ3) is 4.49. The van der Waals surface area contributed by atoms with Crippen LogP contribution in [0.5, 0.6) is 0 Å². The Morgan fingerprint density at radius 3 is 2.31 bits per heavy atom. The van der Waals surface area contributed by atoms with Crippen LogP contribution in [0, 0.1) is 0 Å². The van der Waals surface area contributed by atoms with Crippen molar-refractivity contribution >= 4 is 14.3 Å². The van der Waals surface area contributed by atoms with Crippen molar-refractivity contribution in [3.05, 3.63) is 12.7 Å². The van der Waals surface area contributed by atoms with Crippen molar-refractivity contribution in [2.75, 3.05) is 0 Å². The van der Waals surface area contributed by atoms with Crippen LogP contribution in [0.25, 0.3) is 0 Å². The second kappa shape index (κ2) is 5.64. The van der Waals surface area contributed by atoms with Crippen molar-refractivity contribution in [3.63, 3.8) is 0 Å². The van der Waals surface area contributed by atoms with Crippen LogP contribution in [0.4, 0.5) is 0 Å². The highest BCUT2D eigenvalue weighted by Gasteiger charge is 2.40. The summed E-state index contributed by atoms with van der Waals surface area (Å²) < 4.78 is 5.86. The molecule has 0 amide bonds. The number of allylic oxidation sites excluding steroid dienone is 1. The second-order valence-electron chi connectivity index (χ2n) is 5.57. The predicted octanol–water partition coefficient (Wildman–Crippen LogP) is 3.43. The van der Waals surface area contributed by atoms with E-state index in [9.17, 15) is 4.79 Å². The van der Waals surface area contributed by atoms with Gasteiger partial charge in [-0.1, -0.05) is 26.8 Å². The average Bonchev–Trinajstić information content (AvgIpc) is 2.09. The summed E-state index contributed by atoms with van der Waals surface area (Å²) in [6.45, 7) is 14.0. The minimum absolute atomic E-state index is 0.0366. The molecule has 0 spiro atoms. The Bertz CT molecular complexity index is 253. The van der Waals surface area contributed by atoms with Gasteiger partial charge in [-0.05, 0) is 31.0 Å².